The lowest BCUT2D eigenvalue weighted by atomic mass is 9.83. The Kier molecular flexibility index (Phi) is 8.25. The van der Waals surface area contributed by atoms with Crippen LogP contribution in [-0.4, -0.2) is 41.0 Å². The maximum Gasteiger partial charge on any atom is 0.416 e. The Balaban J connectivity index is 1.28. The van der Waals surface area contributed by atoms with Crippen molar-refractivity contribution in [2.45, 2.75) is 51.5 Å². The number of nitrogens with zero attached hydrogens (tertiary/aromatic N) is 2. The number of anilines is 2. The van der Waals surface area contributed by atoms with Gasteiger partial charge in [0.15, 0.2) is 0 Å². The second-order valence-electron chi connectivity index (χ2n) is 10.6. The van der Waals surface area contributed by atoms with Crippen molar-refractivity contribution in [3.63, 3.8) is 0 Å². The average Bonchev–Trinajstić information content (AvgIpc) is 3.31. The maximum absolute atomic E-state index is 13.6. The molecule has 1 aliphatic carbocycles. The topological polar surface area (TPSA) is 83.6 Å². The van der Waals surface area contributed by atoms with E-state index in [0.29, 0.717) is 55.1 Å². The van der Waals surface area contributed by atoms with Gasteiger partial charge in [0.05, 0.1) is 5.56 Å². The Bertz CT molecular complexity index is 1450. The second kappa shape index (κ2) is 11.9. The standard InChI is InChI=1S/C30H30F4N4O3/c1-18(39)36-28-15-27(6-8-35-28)41-26-5-4-20-2-3-21(12-22(20)13-26)29(40)37-25-11-19(10-23(14-25)30(32,33)34)16-38-9-7-24(31)17-38/h4-6,8,10-11,13-15,21,24H,2-3,7,9,12,16-17H2,1H3,(H,37,40)(H,35,36,39)/t21?,24-/m0/s1. The van der Waals surface area contributed by atoms with Crippen molar-refractivity contribution < 1.29 is 31.9 Å². The number of likely N-dealkylation sites (tertiary alicyclic amines) is 1. The lowest BCUT2D eigenvalue weighted by molar-refractivity contribution is -0.137. The molecule has 0 saturated carbocycles. The Labute approximate surface area is 234 Å². The third-order valence-corrected chi connectivity index (χ3v) is 7.26. The number of rotatable bonds is 7. The van der Waals surface area contributed by atoms with Gasteiger partial charge >= 0.3 is 6.18 Å². The van der Waals surface area contributed by atoms with Crippen LogP contribution in [0.1, 0.15) is 42.0 Å². The molecular formula is C30H30F4N4O3. The molecule has 1 aliphatic heterocycles. The lowest BCUT2D eigenvalue weighted by Gasteiger charge is -2.25. The summed E-state index contributed by atoms with van der Waals surface area (Å²) in [6.45, 7) is 2.22. The van der Waals surface area contributed by atoms with E-state index in [1.807, 2.05) is 18.2 Å². The number of aryl methyl sites for hydroxylation is 1. The third kappa shape index (κ3) is 7.40. The summed E-state index contributed by atoms with van der Waals surface area (Å²) in [5.41, 5.74) is 1.59. The average molecular weight is 571 g/mol. The van der Waals surface area contributed by atoms with Gasteiger partial charge in [-0.15, -0.1) is 0 Å². The highest BCUT2D eigenvalue weighted by Crippen LogP contribution is 2.34. The first-order valence-electron chi connectivity index (χ1n) is 13.4. The van der Waals surface area contributed by atoms with Gasteiger partial charge in [0.25, 0.3) is 0 Å². The Morgan fingerprint density at radius 3 is 2.56 bits per heavy atom. The zero-order valence-corrected chi connectivity index (χ0v) is 22.4. The molecule has 11 heteroatoms. The van der Waals surface area contributed by atoms with Crippen LogP contribution >= 0.6 is 0 Å². The van der Waals surface area contributed by atoms with Gasteiger partial charge in [-0.05, 0) is 78.8 Å². The summed E-state index contributed by atoms with van der Waals surface area (Å²) in [5, 5.41) is 5.30. The van der Waals surface area contributed by atoms with E-state index in [2.05, 4.69) is 15.6 Å². The van der Waals surface area contributed by atoms with Crippen LogP contribution in [0.15, 0.2) is 54.7 Å². The minimum Gasteiger partial charge on any atom is -0.457 e. The summed E-state index contributed by atoms with van der Waals surface area (Å²) in [4.78, 5) is 30.4. The van der Waals surface area contributed by atoms with E-state index >= 15 is 0 Å². The number of alkyl halides is 4. The monoisotopic (exact) mass is 570 g/mol. The number of carbonyl (C=O) groups excluding carboxylic acids is 2. The zero-order chi connectivity index (χ0) is 29.1. The number of nitrogens with one attached hydrogen (secondary N) is 2. The summed E-state index contributed by atoms with van der Waals surface area (Å²) < 4.78 is 60.4. The largest absolute Gasteiger partial charge is 0.457 e. The van der Waals surface area contributed by atoms with Crippen molar-refractivity contribution in [2.24, 2.45) is 5.92 Å². The molecule has 5 rings (SSSR count). The Morgan fingerprint density at radius 1 is 1.02 bits per heavy atom. The van der Waals surface area contributed by atoms with Crippen molar-refractivity contribution in [2.75, 3.05) is 23.7 Å². The highest BCUT2D eigenvalue weighted by atomic mass is 19.4. The van der Waals surface area contributed by atoms with Gasteiger partial charge < -0.3 is 15.4 Å². The molecule has 41 heavy (non-hydrogen) atoms. The van der Waals surface area contributed by atoms with Gasteiger partial charge in [0, 0.05) is 50.4 Å². The molecule has 2 heterocycles. The van der Waals surface area contributed by atoms with Gasteiger partial charge in [-0.1, -0.05) is 6.07 Å². The summed E-state index contributed by atoms with van der Waals surface area (Å²) in [5.74, 6) is 0.334. The molecular weight excluding hydrogens is 540 g/mol. The molecule has 216 valence electrons. The van der Waals surface area contributed by atoms with Gasteiger partial charge in [-0.2, -0.15) is 13.2 Å². The number of hydrogen-bond donors (Lipinski definition) is 2. The fraction of sp³-hybridized carbons (Fsp3) is 0.367. The van der Waals surface area contributed by atoms with Gasteiger partial charge in [0.1, 0.15) is 23.5 Å². The van der Waals surface area contributed by atoms with E-state index in [0.717, 1.165) is 23.3 Å². The number of pyridine rings is 1. The summed E-state index contributed by atoms with van der Waals surface area (Å²) in [6, 6.07) is 12.4. The molecule has 1 unspecified atom stereocenters. The number of benzene rings is 2. The summed E-state index contributed by atoms with van der Waals surface area (Å²) >= 11 is 0. The quantitative estimate of drug-likeness (QED) is 0.334. The third-order valence-electron chi connectivity index (χ3n) is 7.26. The predicted octanol–water partition coefficient (Wildman–Crippen LogP) is 6.14. The lowest BCUT2D eigenvalue weighted by Crippen LogP contribution is -2.28. The highest BCUT2D eigenvalue weighted by Gasteiger charge is 2.32. The van der Waals surface area contributed by atoms with Crippen LogP contribution in [0.3, 0.4) is 0 Å². The summed E-state index contributed by atoms with van der Waals surface area (Å²) in [6.07, 6.45) is -2.08. The number of ether oxygens (including phenoxy) is 1. The Hall–Kier alpha value is -3.99. The molecule has 3 aromatic rings. The second-order valence-corrected chi connectivity index (χ2v) is 10.6. The van der Waals surface area contributed by atoms with Crippen LogP contribution in [0.2, 0.25) is 0 Å². The maximum atomic E-state index is 13.6. The van der Waals surface area contributed by atoms with Gasteiger partial charge in [-0.25, -0.2) is 9.37 Å². The van der Waals surface area contributed by atoms with E-state index in [9.17, 15) is 27.2 Å². The van der Waals surface area contributed by atoms with E-state index in [-0.39, 0.29) is 30.6 Å². The fourth-order valence-corrected chi connectivity index (χ4v) is 5.33. The fourth-order valence-electron chi connectivity index (χ4n) is 5.33. The SMILES string of the molecule is CC(=O)Nc1cc(Oc2ccc3c(c2)CC(C(=O)Nc2cc(CN4CC[C@H](F)C4)cc(C(F)(F)F)c2)CC3)ccn1. The molecule has 2 amide bonds. The molecule has 1 aromatic heterocycles. The smallest absolute Gasteiger partial charge is 0.416 e. The van der Waals surface area contributed by atoms with E-state index in [1.165, 1.54) is 19.2 Å². The number of halogens is 4. The molecule has 2 aliphatic rings. The van der Waals surface area contributed by atoms with Crippen LogP contribution in [0.4, 0.5) is 29.1 Å². The van der Waals surface area contributed by atoms with E-state index < -0.39 is 23.8 Å². The van der Waals surface area contributed by atoms with Crippen molar-refractivity contribution in [1.82, 2.24) is 9.88 Å². The van der Waals surface area contributed by atoms with Crippen LogP contribution < -0.4 is 15.4 Å². The van der Waals surface area contributed by atoms with Gasteiger partial charge in [-0.3, -0.25) is 14.5 Å². The molecule has 1 fully saturated rings. The normalized spacial score (nSPS) is 19.0. The van der Waals surface area contributed by atoms with Crippen molar-refractivity contribution in [3.8, 4) is 11.5 Å². The van der Waals surface area contributed by atoms with Crippen LogP contribution in [-0.2, 0) is 35.2 Å². The van der Waals surface area contributed by atoms with E-state index in [1.54, 1.807) is 17.0 Å². The Morgan fingerprint density at radius 2 is 1.83 bits per heavy atom. The summed E-state index contributed by atoms with van der Waals surface area (Å²) in [7, 11) is 0. The number of fused-ring (bicyclic) bond motifs is 1. The van der Waals surface area contributed by atoms with Crippen LogP contribution in [0.5, 0.6) is 11.5 Å². The van der Waals surface area contributed by atoms with Crippen LogP contribution in [0, 0.1) is 5.92 Å². The molecule has 0 spiro atoms. The molecule has 7 nitrogen and oxygen atoms in total. The molecule has 2 N–H and O–H groups in total. The molecule has 2 atom stereocenters. The first-order chi connectivity index (χ1) is 19.5. The molecule has 0 bridgehead atoms. The highest BCUT2D eigenvalue weighted by molar-refractivity contribution is 5.93. The number of carbonyl (C=O) groups is 2. The van der Waals surface area contributed by atoms with E-state index in [4.69, 9.17) is 4.74 Å². The minimum atomic E-state index is -4.58. The number of hydrogen-bond acceptors (Lipinski definition) is 5. The van der Waals surface area contributed by atoms with Crippen molar-refractivity contribution in [3.05, 3.63) is 77.0 Å². The number of aromatic nitrogens is 1. The van der Waals surface area contributed by atoms with Crippen LogP contribution in [0.25, 0.3) is 0 Å². The van der Waals surface area contributed by atoms with Crippen molar-refractivity contribution >= 4 is 23.3 Å². The molecule has 0 radical (unpaired) electrons. The first kappa shape index (κ1) is 28.5. The van der Waals surface area contributed by atoms with Crippen molar-refractivity contribution in [1.29, 1.82) is 0 Å². The number of amides is 2. The minimum absolute atomic E-state index is 0.0753. The predicted molar refractivity (Wildman–Crippen MR) is 145 cm³/mol. The molecule has 2 aromatic carbocycles. The first-order valence-corrected chi connectivity index (χ1v) is 13.4. The molecule has 1 saturated heterocycles. The van der Waals surface area contributed by atoms with Gasteiger partial charge in [0.2, 0.25) is 11.8 Å². The zero-order valence-electron chi connectivity index (χ0n) is 22.4.